The lowest BCUT2D eigenvalue weighted by Crippen LogP contribution is -2.44. The molecule has 0 unspecified atom stereocenters. The van der Waals surface area contributed by atoms with E-state index < -0.39 is 0 Å². The second kappa shape index (κ2) is 11.3. The quantitative estimate of drug-likeness (QED) is 0.261. The number of hydrogen-bond donors (Lipinski definition) is 0. The summed E-state index contributed by atoms with van der Waals surface area (Å²) >= 11 is 0. The number of fused-ring (bicyclic) bond motifs is 3. The zero-order chi connectivity index (χ0) is 22.3. The van der Waals surface area contributed by atoms with Crippen molar-refractivity contribution in [2.45, 2.75) is 109 Å². The van der Waals surface area contributed by atoms with E-state index in [0.717, 1.165) is 0 Å². The average molecular weight is 441 g/mol. The molecule has 0 N–H and O–H groups in total. The maximum Gasteiger partial charge on any atom is 0.181 e. The van der Waals surface area contributed by atoms with E-state index in [0.29, 0.717) is 30.7 Å². The van der Waals surface area contributed by atoms with Crippen LogP contribution in [0.25, 0.3) is 0 Å². The third-order valence-corrected chi connectivity index (χ3v) is 8.59. The van der Waals surface area contributed by atoms with Crippen molar-refractivity contribution in [2.24, 2.45) is 5.41 Å². The zero-order valence-corrected chi connectivity index (χ0v) is 20.5. The lowest BCUT2D eigenvalue weighted by molar-refractivity contribution is -0.232. The van der Waals surface area contributed by atoms with Gasteiger partial charge in [0.15, 0.2) is 6.29 Å². The van der Waals surface area contributed by atoms with Gasteiger partial charge in [-0.15, -0.1) is 0 Å². The monoisotopic (exact) mass is 440 g/mol. The maximum atomic E-state index is 6.05. The van der Waals surface area contributed by atoms with E-state index in [4.69, 9.17) is 14.2 Å². The molecule has 0 radical (unpaired) electrons. The molecule has 178 valence electrons. The number of hydrogen-bond acceptors (Lipinski definition) is 3. The predicted octanol–water partition coefficient (Wildman–Crippen LogP) is 7.65. The highest BCUT2D eigenvalue weighted by molar-refractivity contribution is 5.32. The van der Waals surface area contributed by atoms with Crippen LogP contribution in [-0.2, 0) is 19.6 Å². The standard InChI is InChI=1S/C29H44O3/c1-3-5-7-8-9-14-28-15-18-29(19-16-28,20-17-28)25-12-10-24(11-13-25)26-22-32-27(23-31-26)30-21-6-4-2/h4,6,10-13,26-27H,3,5,7-9,14-23H2,1-2H3/t26-,27+,28?,29?/m0/s1. The van der Waals surface area contributed by atoms with Crippen molar-refractivity contribution in [1.82, 2.24) is 0 Å². The van der Waals surface area contributed by atoms with E-state index >= 15 is 0 Å². The molecule has 0 aromatic heterocycles. The molecule has 1 aliphatic heterocycles. The molecule has 3 heteroatoms. The van der Waals surface area contributed by atoms with Gasteiger partial charge in [0.1, 0.15) is 6.10 Å². The molecule has 32 heavy (non-hydrogen) atoms. The van der Waals surface area contributed by atoms with Crippen molar-refractivity contribution in [3.05, 3.63) is 47.5 Å². The van der Waals surface area contributed by atoms with Crippen LogP contribution in [0.1, 0.15) is 108 Å². The minimum Gasteiger partial charge on any atom is -0.366 e. The van der Waals surface area contributed by atoms with Crippen molar-refractivity contribution < 1.29 is 14.2 Å². The van der Waals surface area contributed by atoms with Gasteiger partial charge in [-0.1, -0.05) is 75.4 Å². The Morgan fingerprint density at radius 2 is 1.62 bits per heavy atom. The van der Waals surface area contributed by atoms with Crippen LogP contribution in [0.3, 0.4) is 0 Å². The van der Waals surface area contributed by atoms with Gasteiger partial charge in [0.05, 0.1) is 19.8 Å². The fourth-order valence-electron chi connectivity index (χ4n) is 6.26. The molecule has 1 saturated heterocycles. The Morgan fingerprint density at radius 1 is 0.906 bits per heavy atom. The Labute approximate surface area is 195 Å². The van der Waals surface area contributed by atoms with Crippen molar-refractivity contribution >= 4 is 0 Å². The van der Waals surface area contributed by atoms with E-state index in [2.05, 4.69) is 31.2 Å². The summed E-state index contributed by atoms with van der Waals surface area (Å²) in [5.74, 6) is 0. The third-order valence-electron chi connectivity index (χ3n) is 8.59. The van der Waals surface area contributed by atoms with Crippen LogP contribution in [0.15, 0.2) is 36.4 Å². The van der Waals surface area contributed by atoms with Crippen LogP contribution in [0.2, 0.25) is 0 Å². The van der Waals surface area contributed by atoms with E-state index in [-0.39, 0.29) is 12.4 Å². The second-order valence-electron chi connectivity index (χ2n) is 10.6. The van der Waals surface area contributed by atoms with Crippen molar-refractivity contribution in [3.63, 3.8) is 0 Å². The first-order valence-corrected chi connectivity index (χ1v) is 13.3. The minimum atomic E-state index is -0.253. The SMILES string of the molecule is CC=CCO[C@H]1CO[C@H](c2ccc(C34CCC(CCCCCCC)(CC3)CC4)cc2)CO1. The fraction of sp³-hybridized carbons (Fsp3) is 0.724. The summed E-state index contributed by atoms with van der Waals surface area (Å²) in [6.07, 6.45) is 20.8. The summed E-state index contributed by atoms with van der Waals surface area (Å²) in [7, 11) is 0. The zero-order valence-electron chi connectivity index (χ0n) is 20.5. The summed E-state index contributed by atoms with van der Waals surface area (Å²) in [5.41, 5.74) is 3.89. The molecular formula is C29H44O3. The van der Waals surface area contributed by atoms with E-state index in [1.165, 1.54) is 82.6 Å². The Morgan fingerprint density at radius 3 is 2.25 bits per heavy atom. The van der Waals surface area contributed by atoms with Crippen LogP contribution in [0.5, 0.6) is 0 Å². The largest absolute Gasteiger partial charge is 0.366 e. The van der Waals surface area contributed by atoms with Crippen LogP contribution in [-0.4, -0.2) is 26.1 Å². The first kappa shape index (κ1) is 24.0. The molecule has 5 rings (SSSR count). The van der Waals surface area contributed by atoms with E-state index in [9.17, 15) is 0 Å². The molecule has 4 fully saturated rings. The van der Waals surface area contributed by atoms with Crippen molar-refractivity contribution in [2.75, 3.05) is 19.8 Å². The molecule has 2 bridgehead atoms. The summed E-state index contributed by atoms with van der Waals surface area (Å²) in [6.45, 7) is 5.93. The first-order chi connectivity index (χ1) is 15.7. The number of rotatable bonds is 11. The number of benzene rings is 1. The minimum absolute atomic E-state index is 0.0150. The molecular weight excluding hydrogens is 396 g/mol. The molecule has 1 heterocycles. The number of allylic oxidation sites excluding steroid dienone is 1. The number of ether oxygens (including phenoxy) is 3. The molecule has 4 aliphatic rings. The van der Waals surface area contributed by atoms with Gasteiger partial charge in [0.25, 0.3) is 0 Å². The van der Waals surface area contributed by atoms with Crippen LogP contribution < -0.4 is 0 Å². The van der Waals surface area contributed by atoms with E-state index in [1.807, 2.05) is 19.1 Å². The lowest BCUT2D eigenvalue weighted by Gasteiger charge is -2.54. The maximum absolute atomic E-state index is 6.05. The molecule has 3 aliphatic carbocycles. The highest BCUT2D eigenvalue weighted by Crippen LogP contribution is 2.59. The highest BCUT2D eigenvalue weighted by atomic mass is 16.7. The van der Waals surface area contributed by atoms with E-state index in [1.54, 1.807) is 5.56 Å². The van der Waals surface area contributed by atoms with Gasteiger partial charge in [0.2, 0.25) is 0 Å². The van der Waals surface area contributed by atoms with Crippen LogP contribution in [0, 0.1) is 5.41 Å². The Balaban J connectivity index is 1.26. The molecule has 0 amide bonds. The Hall–Kier alpha value is -1.16. The van der Waals surface area contributed by atoms with Gasteiger partial charge in [-0.05, 0) is 73.8 Å². The van der Waals surface area contributed by atoms with Crippen molar-refractivity contribution in [3.8, 4) is 0 Å². The van der Waals surface area contributed by atoms with Gasteiger partial charge < -0.3 is 14.2 Å². The highest BCUT2D eigenvalue weighted by Gasteiger charge is 2.48. The van der Waals surface area contributed by atoms with Gasteiger partial charge in [-0.2, -0.15) is 0 Å². The Bertz CT molecular complexity index is 690. The van der Waals surface area contributed by atoms with Gasteiger partial charge >= 0.3 is 0 Å². The molecule has 2 atom stereocenters. The number of unbranched alkanes of at least 4 members (excludes halogenated alkanes) is 4. The third kappa shape index (κ3) is 5.66. The van der Waals surface area contributed by atoms with Gasteiger partial charge in [-0.25, -0.2) is 0 Å². The fourth-order valence-corrected chi connectivity index (χ4v) is 6.26. The molecule has 1 aromatic rings. The smallest absolute Gasteiger partial charge is 0.181 e. The molecule has 1 aromatic carbocycles. The van der Waals surface area contributed by atoms with Crippen LogP contribution >= 0.6 is 0 Å². The van der Waals surface area contributed by atoms with Gasteiger partial charge in [-0.3, -0.25) is 0 Å². The topological polar surface area (TPSA) is 27.7 Å². The normalized spacial score (nSPS) is 32.6. The lowest BCUT2D eigenvalue weighted by atomic mass is 9.51. The summed E-state index contributed by atoms with van der Waals surface area (Å²) in [4.78, 5) is 0. The Kier molecular flexibility index (Phi) is 8.48. The predicted molar refractivity (Wildman–Crippen MR) is 131 cm³/mol. The summed E-state index contributed by atoms with van der Waals surface area (Å²) in [6, 6.07) is 9.33. The van der Waals surface area contributed by atoms with Crippen LogP contribution in [0.4, 0.5) is 0 Å². The van der Waals surface area contributed by atoms with Gasteiger partial charge in [0, 0.05) is 0 Å². The summed E-state index contributed by atoms with van der Waals surface area (Å²) in [5, 5.41) is 0. The first-order valence-electron chi connectivity index (χ1n) is 13.3. The van der Waals surface area contributed by atoms with Crippen molar-refractivity contribution in [1.29, 1.82) is 0 Å². The molecule has 3 nitrogen and oxygen atoms in total. The average Bonchev–Trinajstić information content (AvgIpc) is 2.86. The molecule has 0 spiro atoms. The second-order valence-corrected chi connectivity index (χ2v) is 10.6. The molecule has 3 saturated carbocycles. The summed E-state index contributed by atoms with van der Waals surface area (Å²) < 4.78 is 17.6.